The third-order valence-corrected chi connectivity index (χ3v) is 6.65. The van der Waals surface area contributed by atoms with Gasteiger partial charge in [0, 0.05) is 23.7 Å². The third-order valence-electron chi connectivity index (χ3n) is 6.65. The molecule has 0 aromatic heterocycles. The third kappa shape index (κ3) is 4.92. The van der Waals surface area contributed by atoms with Gasteiger partial charge in [0.25, 0.3) is 0 Å². The van der Waals surface area contributed by atoms with Crippen LogP contribution in [-0.4, -0.2) is 42.8 Å². The van der Waals surface area contributed by atoms with Crippen molar-refractivity contribution < 1.29 is 9.53 Å². The molecule has 0 bridgehead atoms. The first kappa shape index (κ1) is 21.6. The lowest BCUT2D eigenvalue weighted by Crippen LogP contribution is -2.37. The number of amides is 1. The number of para-hydroxylation sites is 1. The van der Waals surface area contributed by atoms with Crippen LogP contribution in [-0.2, 0) is 11.3 Å². The zero-order valence-electron chi connectivity index (χ0n) is 18.9. The van der Waals surface area contributed by atoms with Crippen molar-refractivity contribution in [2.45, 2.75) is 31.6 Å². The molecule has 6 heteroatoms. The molecule has 5 rings (SSSR count). The number of carbonyl (C=O) groups is 1. The first-order valence-corrected chi connectivity index (χ1v) is 11.6. The topological polar surface area (TPSA) is 66.0 Å². The predicted octanol–water partition coefficient (Wildman–Crippen LogP) is 4.08. The Hall–Kier alpha value is -3.22. The number of benzene rings is 2. The number of hydrogen-bond acceptors (Lipinski definition) is 5. The molecule has 0 saturated carbocycles. The fourth-order valence-electron chi connectivity index (χ4n) is 4.74. The van der Waals surface area contributed by atoms with E-state index in [1.54, 1.807) is 7.11 Å². The van der Waals surface area contributed by atoms with Gasteiger partial charge < -0.3 is 10.1 Å². The number of fused-ring (bicyclic) bond motifs is 1. The van der Waals surface area contributed by atoms with Crippen LogP contribution >= 0.6 is 0 Å². The molecule has 2 aliphatic heterocycles. The Morgan fingerprint density at radius 1 is 1.12 bits per heavy atom. The lowest BCUT2D eigenvalue weighted by atomic mass is 9.95. The largest absolute Gasteiger partial charge is 0.496 e. The lowest BCUT2D eigenvalue weighted by Gasteiger charge is -2.31. The molecular formula is C27H30N4O2. The number of aliphatic imine (C=N–C) groups is 1. The van der Waals surface area contributed by atoms with Gasteiger partial charge in [-0.25, -0.2) is 0 Å². The van der Waals surface area contributed by atoms with Gasteiger partial charge in [-0.2, -0.15) is 0 Å². The van der Waals surface area contributed by atoms with Crippen LogP contribution in [0.25, 0.3) is 0 Å². The molecule has 2 atom stereocenters. The van der Waals surface area contributed by atoms with Gasteiger partial charge in [0.2, 0.25) is 5.91 Å². The molecule has 170 valence electrons. The molecule has 1 aliphatic carbocycles. The van der Waals surface area contributed by atoms with Gasteiger partial charge >= 0.3 is 0 Å². The average Bonchev–Trinajstić information content (AvgIpc) is 3.30. The van der Waals surface area contributed by atoms with Crippen molar-refractivity contribution in [1.29, 1.82) is 0 Å². The fourth-order valence-corrected chi connectivity index (χ4v) is 4.74. The van der Waals surface area contributed by atoms with Gasteiger partial charge in [-0.05, 0) is 55.8 Å². The van der Waals surface area contributed by atoms with Crippen molar-refractivity contribution in [1.82, 2.24) is 10.2 Å². The minimum atomic E-state index is -0.0466. The minimum Gasteiger partial charge on any atom is -0.496 e. The monoisotopic (exact) mass is 442 g/mol. The summed E-state index contributed by atoms with van der Waals surface area (Å²) in [6.45, 7) is 2.67. The number of allylic oxidation sites excluding steroid dienone is 2. The highest BCUT2D eigenvalue weighted by atomic mass is 16.5. The van der Waals surface area contributed by atoms with E-state index in [1.807, 2.05) is 60.7 Å². The summed E-state index contributed by atoms with van der Waals surface area (Å²) < 4.78 is 5.47. The van der Waals surface area contributed by atoms with E-state index < -0.39 is 0 Å². The summed E-state index contributed by atoms with van der Waals surface area (Å²) in [5, 5.41) is 6.61. The van der Waals surface area contributed by atoms with Crippen LogP contribution in [0.3, 0.4) is 0 Å². The molecule has 6 nitrogen and oxygen atoms in total. The van der Waals surface area contributed by atoms with E-state index >= 15 is 0 Å². The van der Waals surface area contributed by atoms with Gasteiger partial charge in [0.15, 0.2) is 0 Å². The molecule has 2 N–H and O–H groups in total. The SMILES string of the molecule is COc1ccccc1CN1CCC(C(=O)Nc2ccc(C3N=C4C=CC=CC4N3)cc2)CC1. The highest BCUT2D eigenvalue weighted by Crippen LogP contribution is 2.26. The summed E-state index contributed by atoms with van der Waals surface area (Å²) in [4.78, 5) is 20.0. The number of nitrogens with one attached hydrogen (secondary N) is 2. The Balaban J connectivity index is 1.12. The highest BCUT2D eigenvalue weighted by Gasteiger charge is 2.27. The summed E-state index contributed by atoms with van der Waals surface area (Å²) in [5.41, 5.74) is 4.19. The quantitative estimate of drug-likeness (QED) is 0.708. The molecule has 2 aromatic carbocycles. The van der Waals surface area contributed by atoms with Crippen LogP contribution in [0.15, 0.2) is 77.8 Å². The Kier molecular flexibility index (Phi) is 6.37. The van der Waals surface area contributed by atoms with Gasteiger partial charge in [-0.15, -0.1) is 0 Å². The second-order valence-corrected chi connectivity index (χ2v) is 8.82. The molecule has 3 aliphatic rings. The van der Waals surface area contributed by atoms with E-state index in [0.29, 0.717) is 0 Å². The van der Waals surface area contributed by atoms with Crippen molar-refractivity contribution in [3.05, 3.63) is 84.0 Å². The number of ether oxygens (including phenoxy) is 1. The van der Waals surface area contributed by atoms with Gasteiger partial charge in [-0.1, -0.05) is 48.6 Å². The van der Waals surface area contributed by atoms with Crippen molar-refractivity contribution in [2.75, 3.05) is 25.5 Å². The lowest BCUT2D eigenvalue weighted by molar-refractivity contribution is -0.121. The standard InChI is InChI=1S/C27H30N4O2/c1-33-25-9-5-2-6-21(25)18-31-16-14-20(15-17-31)27(32)28-22-12-10-19(11-13-22)26-29-23-7-3-4-8-24(23)30-26/h2-13,20,23,26,29H,14-18H2,1H3,(H,28,32). The number of anilines is 1. The maximum absolute atomic E-state index is 12.8. The van der Waals surface area contributed by atoms with Gasteiger partial charge in [0.1, 0.15) is 11.9 Å². The number of nitrogens with zero attached hydrogens (tertiary/aromatic N) is 2. The Labute approximate surface area is 195 Å². The van der Waals surface area contributed by atoms with Crippen molar-refractivity contribution >= 4 is 17.3 Å². The van der Waals surface area contributed by atoms with Crippen LogP contribution in [0.1, 0.15) is 30.1 Å². The number of methoxy groups -OCH3 is 1. The van der Waals surface area contributed by atoms with Gasteiger partial charge in [-0.3, -0.25) is 20.0 Å². The number of rotatable bonds is 6. The normalized spacial score (nSPS) is 22.6. The molecule has 1 amide bonds. The van der Waals surface area contributed by atoms with Crippen LogP contribution in [0.4, 0.5) is 5.69 Å². The maximum atomic E-state index is 12.8. The molecule has 1 saturated heterocycles. The summed E-state index contributed by atoms with van der Waals surface area (Å²) in [6, 6.07) is 16.3. The summed E-state index contributed by atoms with van der Waals surface area (Å²) in [7, 11) is 1.71. The molecular weight excluding hydrogens is 412 g/mol. The molecule has 2 heterocycles. The molecule has 1 fully saturated rings. The molecule has 0 spiro atoms. The van der Waals surface area contributed by atoms with Crippen LogP contribution < -0.4 is 15.4 Å². The fraction of sp³-hybridized carbons (Fsp3) is 0.333. The van der Waals surface area contributed by atoms with E-state index in [9.17, 15) is 4.79 Å². The predicted molar refractivity (Wildman–Crippen MR) is 131 cm³/mol. The van der Waals surface area contributed by atoms with Crippen molar-refractivity contribution in [2.24, 2.45) is 10.9 Å². The van der Waals surface area contributed by atoms with Crippen molar-refractivity contribution in [3.8, 4) is 5.75 Å². The zero-order valence-corrected chi connectivity index (χ0v) is 18.9. The van der Waals surface area contributed by atoms with E-state index in [2.05, 4.69) is 27.7 Å². The minimum absolute atomic E-state index is 0.0446. The molecule has 0 radical (unpaired) electrons. The van der Waals surface area contributed by atoms with E-state index in [-0.39, 0.29) is 24.0 Å². The summed E-state index contributed by atoms with van der Waals surface area (Å²) in [5.74, 6) is 1.08. The van der Waals surface area contributed by atoms with Gasteiger partial charge in [0.05, 0.1) is 18.9 Å². The van der Waals surface area contributed by atoms with E-state index in [4.69, 9.17) is 9.73 Å². The second kappa shape index (κ2) is 9.73. The zero-order chi connectivity index (χ0) is 22.6. The summed E-state index contributed by atoms with van der Waals surface area (Å²) in [6.07, 6.45) is 9.91. The summed E-state index contributed by atoms with van der Waals surface area (Å²) >= 11 is 0. The second-order valence-electron chi connectivity index (χ2n) is 8.82. The first-order valence-electron chi connectivity index (χ1n) is 11.6. The van der Waals surface area contributed by atoms with Crippen LogP contribution in [0.5, 0.6) is 5.75 Å². The number of carbonyl (C=O) groups excluding carboxylic acids is 1. The number of hydrogen-bond donors (Lipinski definition) is 2. The average molecular weight is 443 g/mol. The smallest absolute Gasteiger partial charge is 0.227 e. The van der Waals surface area contributed by atoms with Crippen LogP contribution in [0, 0.1) is 5.92 Å². The van der Waals surface area contributed by atoms with E-state index in [0.717, 1.165) is 55.2 Å². The molecule has 33 heavy (non-hydrogen) atoms. The first-order chi connectivity index (χ1) is 16.2. The Morgan fingerprint density at radius 2 is 1.91 bits per heavy atom. The van der Waals surface area contributed by atoms with Crippen LogP contribution in [0.2, 0.25) is 0 Å². The number of piperidine rings is 1. The molecule has 2 unspecified atom stereocenters. The maximum Gasteiger partial charge on any atom is 0.227 e. The van der Waals surface area contributed by atoms with Crippen molar-refractivity contribution in [3.63, 3.8) is 0 Å². The number of likely N-dealkylation sites (tertiary alicyclic amines) is 1. The Morgan fingerprint density at radius 3 is 2.67 bits per heavy atom. The Bertz CT molecular complexity index is 1080. The molecule has 2 aromatic rings. The highest BCUT2D eigenvalue weighted by molar-refractivity contribution is 6.03. The van der Waals surface area contributed by atoms with E-state index in [1.165, 1.54) is 5.56 Å².